The van der Waals surface area contributed by atoms with Crippen molar-refractivity contribution < 1.29 is 4.39 Å². The van der Waals surface area contributed by atoms with E-state index in [1.165, 1.54) is 12.8 Å². The third-order valence-electron chi connectivity index (χ3n) is 3.47. The van der Waals surface area contributed by atoms with E-state index in [0.717, 1.165) is 43.7 Å². The first-order valence-corrected chi connectivity index (χ1v) is 7.50. The minimum absolute atomic E-state index is 0.123. The smallest absolute Gasteiger partial charge is 0.125 e. The lowest BCUT2D eigenvalue weighted by Crippen LogP contribution is -2.25. The summed E-state index contributed by atoms with van der Waals surface area (Å²) in [4.78, 5) is 2.28. The van der Waals surface area contributed by atoms with Crippen LogP contribution in [0.4, 0.5) is 10.1 Å². The zero-order chi connectivity index (χ0) is 13.7. The molecule has 0 amide bonds. The normalized spacial score (nSPS) is 14.7. The molecule has 1 aliphatic carbocycles. The fraction of sp³-hybridized carbons (Fsp3) is 0.625. The number of nitrogens with zero attached hydrogens (tertiary/aromatic N) is 1. The first-order chi connectivity index (χ1) is 9.22. The molecule has 0 unspecified atom stereocenters. The topological polar surface area (TPSA) is 15.3 Å². The molecule has 1 aliphatic rings. The van der Waals surface area contributed by atoms with Gasteiger partial charge in [0.1, 0.15) is 5.82 Å². The molecule has 1 N–H and O–H groups in total. The predicted octanol–water partition coefficient (Wildman–Crippen LogP) is 3.70. The van der Waals surface area contributed by atoms with Crippen molar-refractivity contribution in [2.75, 3.05) is 18.0 Å². The SMILES string of the molecule is CCCN(CCC)c1cc(F)cc(CNC2CC2)c1. The summed E-state index contributed by atoms with van der Waals surface area (Å²) in [5.41, 5.74) is 2.08. The Hall–Kier alpha value is -1.09. The van der Waals surface area contributed by atoms with Crippen molar-refractivity contribution in [2.24, 2.45) is 0 Å². The van der Waals surface area contributed by atoms with Gasteiger partial charge in [-0.2, -0.15) is 0 Å². The van der Waals surface area contributed by atoms with Crippen molar-refractivity contribution in [1.82, 2.24) is 5.32 Å². The molecule has 2 rings (SSSR count). The van der Waals surface area contributed by atoms with Crippen molar-refractivity contribution in [3.8, 4) is 0 Å². The van der Waals surface area contributed by atoms with Gasteiger partial charge in [0.2, 0.25) is 0 Å². The Morgan fingerprint density at radius 2 is 1.84 bits per heavy atom. The Bertz CT molecular complexity index is 396. The van der Waals surface area contributed by atoms with E-state index in [2.05, 4.69) is 30.1 Å². The molecule has 0 atom stereocenters. The standard InChI is InChI=1S/C16H25FN2/c1-3-7-19(8-4-2)16-10-13(9-14(17)11-16)12-18-15-5-6-15/h9-11,15,18H,3-8,12H2,1-2H3. The Morgan fingerprint density at radius 1 is 1.16 bits per heavy atom. The van der Waals surface area contributed by atoms with E-state index >= 15 is 0 Å². The maximum Gasteiger partial charge on any atom is 0.125 e. The highest BCUT2D eigenvalue weighted by molar-refractivity contribution is 5.49. The summed E-state index contributed by atoms with van der Waals surface area (Å²) in [6.45, 7) is 7.09. The molecule has 1 aromatic carbocycles. The molecule has 106 valence electrons. The van der Waals surface area contributed by atoms with Crippen LogP contribution in [0.15, 0.2) is 18.2 Å². The van der Waals surface area contributed by atoms with Crippen LogP contribution in [0.3, 0.4) is 0 Å². The van der Waals surface area contributed by atoms with Gasteiger partial charge in [0.25, 0.3) is 0 Å². The van der Waals surface area contributed by atoms with Crippen LogP contribution in [0.5, 0.6) is 0 Å². The number of rotatable bonds is 8. The molecular weight excluding hydrogens is 239 g/mol. The van der Waals surface area contributed by atoms with E-state index in [4.69, 9.17) is 0 Å². The van der Waals surface area contributed by atoms with Crippen LogP contribution in [-0.2, 0) is 6.54 Å². The molecule has 0 aromatic heterocycles. The highest BCUT2D eigenvalue weighted by Gasteiger charge is 2.20. The minimum atomic E-state index is -0.123. The lowest BCUT2D eigenvalue weighted by molar-refractivity contribution is 0.617. The zero-order valence-corrected chi connectivity index (χ0v) is 12.1. The van der Waals surface area contributed by atoms with Gasteiger partial charge in [-0.15, -0.1) is 0 Å². The van der Waals surface area contributed by atoms with Crippen LogP contribution in [-0.4, -0.2) is 19.1 Å². The van der Waals surface area contributed by atoms with Crippen LogP contribution in [0.2, 0.25) is 0 Å². The van der Waals surface area contributed by atoms with Gasteiger partial charge in [0.15, 0.2) is 0 Å². The molecular formula is C16H25FN2. The van der Waals surface area contributed by atoms with Crippen LogP contribution in [0, 0.1) is 5.82 Å². The Kier molecular flexibility index (Phi) is 5.20. The molecule has 0 bridgehead atoms. The van der Waals surface area contributed by atoms with Gasteiger partial charge < -0.3 is 10.2 Å². The Balaban J connectivity index is 2.08. The number of halogens is 1. The summed E-state index contributed by atoms with van der Waals surface area (Å²) in [6, 6.07) is 6.10. The number of hydrogen-bond donors (Lipinski definition) is 1. The average molecular weight is 264 g/mol. The molecule has 0 radical (unpaired) electrons. The van der Waals surface area contributed by atoms with E-state index in [1.807, 2.05) is 0 Å². The lowest BCUT2D eigenvalue weighted by Gasteiger charge is -2.24. The van der Waals surface area contributed by atoms with Crippen molar-refractivity contribution >= 4 is 5.69 Å². The molecule has 0 aliphatic heterocycles. The molecule has 0 heterocycles. The van der Waals surface area contributed by atoms with Crippen LogP contribution >= 0.6 is 0 Å². The Morgan fingerprint density at radius 3 is 2.42 bits per heavy atom. The van der Waals surface area contributed by atoms with Gasteiger partial charge in [-0.25, -0.2) is 4.39 Å². The van der Waals surface area contributed by atoms with Gasteiger partial charge in [-0.3, -0.25) is 0 Å². The third-order valence-corrected chi connectivity index (χ3v) is 3.47. The highest BCUT2D eigenvalue weighted by atomic mass is 19.1. The van der Waals surface area contributed by atoms with Gasteiger partial charge in [-0.05, 0) is 49.4 Å². The lowest BCUT2D eigenvalue weighted by atomic mass is 10.1. The summed E-state index contributed by atoms with van der Waals surface area (Å²) < 4.78 is 13.8. The summed E-state index contributed by atoms with van der Waals surface area (Å²) in [7, 11) is 0. The summed E-state index contributed by atoms with van der Waals surface area (Å²) >= 11 is 0. The van der Waals surface area contributed by atoms with Crippen LogP contribution < -0.4 is 10.2 Å². The Labute approximate surface area is 116 Å². The number of nitrogens with one attached hydrogen (secondary N) is 1. The van der Waals surface area contributed by atoms with E-state index in [1.54, 1.807) is 12.1 Å². The number of hydrogen-bond acceptors (Lipinski definition) is 2. The first kappa shape index (κ1) is 14.3. The fourth-order valence-corrected chi connectivity index (χ4v) is 2.38. The minimum Gasteiger partial charge on any atom is -0.371 e. The molecule has 1 aromatic rings. The van der Waals surface area contributed by atoms with Gasteiger partial charge in [0, 0.05) is 31.4 Å². The van der Waals surface area contributed by atoms with Crippen molar-refractivity contribution in [2.45, 2.75) is 52.1 Å². The summed E-state index contributed by atoms with van der Waals surface area (Å²) in [6.07, 6.45) is 4.71. The zero-order valence-electron chi connectivity index (χ0n) is 12.1. The molecule has 0 spiro atoms. The predicted molar refractivity (Wildman–Crippen MR) is 79.1 cm³/mol. The van der Waals surface area contributed by atoms with Crippen molar-refractivity contribution in [3.63, 3.8) is 0 Å². The maximum absolute atomic E-state index is 13.8. The molecule has 3 heteroatoms. The molecule has 19 heavy (non-hydrogen) atoms. The van der Waals surface area contributed by atoms with Crippen molar-refractivity contribution in [1.29, 1.82) is 0 Å². The van der Waals surface area contributed by atoms with E-state index in [-0.39, 0.29) is 5.82 Å². The second-order valence-corrected chi connectivity index (χ2v) is 5.46. The van der Waals surface area contributed by atoms with Crippen molar-refractivity contribution in [3.05, 3.63) is 29.6 Å². The monoisotopic (exact) mass is 264 g/mol. The van der Waals surface area contributed by atoms with E-state index in [9.17, 15) is 4.39 Å². The second-order valence-electron chi connectivity index (χ2n) is 5.46. The highest BCUT2D eigenvalue weighted by Crippen LogP contribution is 2.22. The number of anilines is 1. The molecule has 1 saturated carbocycles. The van der Waals surface area contributed by atoms with Gasteiger partial charge in [0.05, 0.1) is 0 Å². The fourth-order valence-electron chi connectivity index (χ4n) is 2.38. The second kappa shape index (κ2) is 6.90. The van der Waals surface area contributed by atoms with E-state index < -0.39 is 0 Å². The van der Waals surface area contributed by atoms with E-state index in [0.29, 0.717) is 6.04 Å². The van der Waals surface area contributed by atoms with Crippen LogP contribution in [0.25, 0.3) is 0 Å². The van der Waals surface area contributed by atoms with Crippen LogP contribution in [0.1, 0.15) is 45.1 Å². The maximum atomic E-state index is 13.8. The quantitative estimate of drug-likeness (QED) is 0.770. The largest absolute Gasteiger partial charge is 0.371 e. The summed E-state index contributed by atoms with van der Waals surface area (Å²) in [5.74, 6) is -0.123. The van der Waals surface area contributed by atoms with Gasteiger partial charge in [-0.1, -0.05) is 13.8 Å². The molecule has 0 saturated heterocycles. The van der Waals surface area contributed by atoms with Gasteiger partial charge >= 0.3 is 0 Å². The average Bonchev–Trinajstić information content (AvgIpc) is 3.19. The summed E-state index contributed by atoms with van der Waals surface area (Å²) in [5, 5.41) is 3.45. The molecule has 2 nitrogen and oxygen atoms in total. The first-order valence-electron chi connectivity index (χ1n) is 7.50. The number of benzene rings is 1. The molecule has 1 fully saturated rings. The third kappa shape index (κ3) is 4.50.